The number of esters is 1. The molecule has 0 spiro atoms. The first-order chi connectivity index (χ1) is 8.14. The van der Waals surface area contributed by atoms with Crippen LogP contribution in [0, 0.1) is 5.92 Å². The largest absolute Gasteiger partial charge is 1.00 e. The van der Waals surface area contributed by atoms with E-state index < -0.39 is 33.7 Å². The van der Waals surface area contributed by atoms with Crippen molar-refractivity contribution < 1.29 is 91.5 Å². The van der Waals surface area contributed by atoms with E-state index in [0.717, 1.165) is 6.42 Å². The van der Waals surface area contributed by atoms with Crippen LogP contribution < -0.4 is 64.2 Å². The molecule has 0 saturated heterocycles. The van der Waals surface area contributed by atoms with E-state index in [1.165, 1.54) is 0 Å². The van der Waals surface area contributed by atoms with Crippen LogP contribution in [0.5, 0.6) is 0 Å². The molecule has 106 valence electrons. The molecule has 0 aromatic heterocycles. The number of rotatable bonds is 8. The number of carboxylic acid groups (broad SMARTS) is 1. The van der Waals surface area contributed by atoms with E-state index in [1.54, 1.807) is 0 Å². The summed E-state index contributed by atoms with van der Waals surface area (Å²) in [6.45, 7) is 3.88. The van der Waals surface area contributed by atoms with Gasteiger partial charge in [0.05, 0.1) is 6.61 Å². The Morgan fingerprint density at radius 3 is 2.05 bits per heavy atom. The van der Waals surface area contributed by atoms with Crippen molar-refractivity contribution in [2.75, 3.05) is 6.61 Å². The van der Waals surface area contributed by atoms with Crippen molar-refractivity contribution in [3.63, 3.8) is 0 Å². The molecule has 10 heteroatoms. The molecule has 7 nitrogen and oxygen atoms in total. The predicted octanol–water partition coefficient (Wildman–Crippen LogP) is -6.97. The van der Waals surface area contributed by atoms with Crippen LogP contribution in [-0.4, -0.2) is 36.8 Å². The first-order valence-corrected chi connectivity index (χ1v) is 6.93. The van der Waals surface area contributed by atoms with Gasteiger partial charge < -0.3 is 19.2 Å². The molecule has 0 aliphatic rings. The third kappa shape index (κ3) is 12.6. The first-order valence-electron chi connectivity index (χ1n) is 5.45. The Kier molecular flexibility index (Phi) is 16.0. The maximum Gasteiger partial charge on any atom is 1.00 e. The van der Waals surface area contributed by atoms with Gasteiger partial charge in [-0.05, 0) is 18.8 Å². The summed E-state index contributed by atoms with van der Waals surface area (Å²) in [6.07, 6.45) is 0.0950. The smallest absolute Gasteiger partial charge is 0.747 e. The molecule has 0 amide bonds. The van der Waals surface area contributed by atoms with Crippen molar-refractivity contribution in [1.29, 1.82) is 0 Å². The molecule has 0 aliphatic heterocycles. The van der Waals surface area contributed by atoms with Crippen molar-refractivity contribution in [3.05, 3.63) is 0 Å². The van der Waals surface area contributed by atoms with Crippen molar-refractivity contribution in [2.24, 2.45) is 5.92 Å². The van der Waals surface area contributed by atoms with Crippen molar-refractivity contribution >= 4 is 22.1 Å². The van der Waals surface area contributed by atoms with Crippen molar-refractivity contribution in [3.8, 4) is 0 Å². The maximum absolute atomic E-state index is 11.3. The van der Waals surface area contributed by atoms with E-state index in [-0.39, 0.29) is 65.7 Å². The third-order valence-corrected chi connectivity index (χ3v) is 3.19. The van der Waals surface area contributed by atoms with E-state index in [1.807, 2.05) is 13.8 Å². The summed E-state index contributed by atoms with van der Waals surface area (Å²) in [7, 11) is -5.06. The zero-order valence-electron chi connectivity index (χ0n) is 12.2. The Morgan fingerprint density at radius 2 is 1.70 bits per heavy atom. The van der Waals surface area contributed by atoms with E-state index in [0.29, 0.717) is 12.3 Å². The van der Waals surface area contributed by atoms with Gasteiger partial charge in [0.15, 0.2) is 5.25 Å². The van der Waals surface area contributed by atoms with Crippen LogP contribution in [0.3, 0.4) is 0 Å². The fraction of sp³-hybridized carbons (Fsp3) is 0.800. The summed E-state index contributed by atoms with van der Waals surface area (Å²) < 4.78 is 36.7. The van der Waals surface area contributed by atoms with Gasteiger partial charge in [-0.15, -0.1) is 0 Å². The monoisotopic (exact) mass is 326 g/mol. The van der Waals surface area contributed by atoms with Crippen LogP contribution in [0.25, 0.3) is 0 Å². The molecule has 0 N–H and O–H groups in total. The number of carbonyl (C=O) groups is 2. The minimum Gasteiger partial charge on any atom is -0.747 e. The Bertz CT molecular complexity index is 394. The van der Waals surface area contributed by atoms with Gasteiger partial charge in [0.2, 0.25) is 0 Å². The average molecular weight is 326 g/mol. The number of carboxylic acids is 1. The molecule has 0 fully saturated rings. The van der Waals surface area contributed by atoms with Gasteiger partial charge in [-0.3, -0.25) is 4.79 Å². The second kappa shape index (κ2) is 12.4. The quantitative estimate of drug-likeness (QED) is 0.188. The van der Waals surface area contributed by atoms with Gasteiger partial charge in [-0.25, -0.2) is 8.42 Å². The Hall–Kier alpha value is 0.850. The van der Waals surface area contributed by atoms with Crippen LogP contribution in [0.2, 0.25) is 0 Å². The molecule has 0 aliphatic carbocycles. The first kappa shape index (κ1) is 25.8. The summed E-state index contributed by atoms with van der Waals surface area (Å²) in [4.78, 5) is 21.5. The van der Waals surface area contributed by atoms with Gasteiger partial charge in [0.25, 0.3) is 0 Å². The minimum atomic E-state index is -5.06. The van der Waals surface area contributed by atoms with Crippen molar-refractivity contribution in [2.45, 2.75) is 38.4 Å². The second-order valence-electron chi connectivity index (χ2n) is 4.26. The van der Waals surface area contributed by atoms with E-state index in [4.69, 9.17) is 0 Å². The fourth-order valence-corrected chi connectivity index (χ4v) is 1.86. The topological polar surface area (TPSA) is 124 Å². The molecule has 1 atom stereocenters. The summed E-state index contributed by atoms with van der Waals surface area (Å²) in [6, 6.07) is 0. The number of hydrogen-bond donors (Lipinski definition) is 0. The van der Waals surface area contributed by atoms with Gasteiger partial charge in [0, 0.05) is 12.4 Å². The average Bonchev–Trinajstić information content (AvgIpc) is 2.18. The molecule has 20 heavy (non-hydrogen) atoms. The number of aliphatic carboxylic acids is 1. The molecule has 1 unspecified atom stereocenters. The van der Waals surface area contributed by atoms with Gasteiger partial charge >= 0.3 is 65.1 Å². The van der Waals surface area contributed by atoms with E-state index >= 15 is 0 Å². The summed E-state index contributed by atoms with van der Waals surface area (Å²) >= 11 is 0. The molecule has 0 aromatic carbocycles. The molecule has 0 saturated carbocycles. The Morgan fingerprint density at radius 1 is 1.20 bits per heavy atom. The Labute approximate surface area is 163 Å². The molecule has 0 rings (SSSR count). The molecular formula is C10H16Na2O7S. The molecular weight excluding hydrogens is 310 g/mol. The SMILES string of the molecule is CC(C)CCCOC(=O)C(CC(=O)[O-])S(=O)(=O)[O-].[Na+].[Na+]. The molecule has 0 heterocycles. The molecule has 0 radical (unpaired) electrons. The fourth-order valence-electron chi connectivity index (χ4n) is 1.21. The normalized spacial score (nSPS) is 12.0. The summed E-state index contributed by atoms with van der Waals surface area (Å²) in [5, 5.41) is 8.02. The van der Waals surface area contributed by atoms with Crippen LogP contribution >= 0.6 is 0 Å². The van der Waals surface area contributed by atoms with Gasteiger partial charge in [-0.1, -0.05) is 13.8 Å². The van der Waals surface area contributed by atoms with Gasteiger partial charge in [0.1, 0.15) is 10.1 Å². The number of carbonyl (C=O) groups excluding carboxylic acids is 2. The summed E-state index contributed by atoms with van der Waals surface area (Å²) in [5.74, 6) is -2.73. The second-order valence-corrected chi connectivity index (χ2v) is 5.82. The predicted molar refractivity (Wildman–Crippen MR) is 58.1 cm³/mol. The number of hydrogen-bond acceptors (Lipinski definition) is 7. The van der Waals surface area contributed by atoms with Crippen LogP contribution in [0.15, 0.2) is 0 Å². The van der Waals surface area contributed by atoms with Crippen LogP contribution in [0.1, 0.15) is 33.1 Å². The Balaban J connectivity index is -0.00000144. The maximum atomic E-state index is 11.3. The summed E-state index contributed by atoms with van der Waals surface area (Å²) in [5.41, 5.74) is 0. The molecule has 0 bridgehead atoms. The standard InChI is InChI=1S/C10H18O7S.2Na/c1-7(2)4-3-5-17-10(13)8(6-9(11)12)18(14,15)16;;/h7-8H,3-6H2,1-2H3,(H,11,12)(H,14,15,16);;/q;2*+1/p-2. The van der Waals surface area contributed by atoms with Crippen LogP contribution in [0.4, 0.5) is 0 Å². The van der Waals surface area contributed by atoms with Crippen LogP contribution in [-0.2, 0) is 24.4 Å². The number of ether oxygens (including phenoxy) is 1. The molecule has 0 aromatic rings. The van der Waals surface area contributed by atoms with E-state index in [2.05, 4.69) is 4.74 Å². The zero-order valence-corrected chi connectivity index (χ0v) is 17.1. The van der Waals surface area contributed by atoms with E-state index in [9.17, 15) is 27.7 Å². The minimum absolute atomic E-state index is 0. The van der Waals surface area contributed by atoms with Gasteiger partial charge in [-0.2, -0.15) is 0 Å². The van der Waals surface area contributed by atoms with Crippen molar-refractivity contribution in [1.82, 2.24) is 0 Å². The zero-order chi connectivity index (χ0) is 14.3. The third-order valence-electron chi connectivity index (χ3n) is 2.13.